The Morgan fingerprint density at radius 1 is 1.26 bits per heavy atom. The Hall–Kier alpha value is -2.02. The maximum atomic E-state index is 13.3. The minimum absolute atomic E-state index is 0.147. The highest BCUT2D eigenvalue weighted by Gasteiger charge is 2.54. The van der Waals surface area contributed by atoms with Gasteiger partial charge in [-0.3, -0.25) is 4.79 Å². The van der Waals surface area contributed by atoms with Gasteiger partial charge in [-0.2, -0.15) is 17.5 Å². The van der Waals surface area contributed by atoms with Crippen LogP contribution in [0.2, 0.25) is 0 Å². The zero-order valence-electron chi connectivity index (χ0n) is 19.9. The average Bonchev–Trinajstić information content (AvgIpc) is 3.46. The highest BCUT2D eigenvalue weighted by atomic mass is 32.2. The lowest BCUT2D eigenvalue weighted by Gasteiger charge is -2.34. The van der Waals surface area contributed by atoms with E-state index < -0.39 is 51.2 Å². The van der Waals surface area contributed by atoms with Crippen molar-refractivity contribution in [3.05, 3.63) is 40.9 Å². The SMILES string of the molecule is CC(C)(C)C(N)C(=O)N1CC[C@@H]2C1[C@@H](c1csc(-c3cccc(C(F)(F)F)c3)n1)CN2S(C)(=O)=O. The fraction of sp³-hybridized carbons (Fsp3) is 0.565. The van der Waals surface area contributed by atoms with Crippen LogP contribution < -0.4 is 5.73 Å². The van der Waals surface area contributed by atoms with Crippen LogP contribution in [0, 0.1) is 5.41 Å². The summed E-state index contributed by atoms with van der Waals surface area (Å²) in [6.07, 6.45) is -2.84. The summed E-state index contributed by atoms with van der Waals surface area (Å²) in [6.45, 7) is 6.15. The molecule has 3 heterocycles. The van der Waals surface area contributed by atoms with Crippen LogP contribution in [0.5, 0.6) is 0 Å². The molecule has 1 aromatic carbocycles. The van der Waals surface area contributed by atoms with Gasteiger partial charge in [0.15, 0.2) is 0 Å². The Bertz CT molecular complexity index is 1220. The number of aromatic nitrogens is 1. The molecule has 0 aliphatic carbocycles. The minimum atomic E-state index is -4.47. The quantitative estimate of drug-likeness (QED) is 0.653. The van der Waals surface area contributed by atoms with E-state index in [1.54, 1.807) is 16.3 Å². The number of amides is 1. The normalized spacial score (nSPS) is 24.6. The van der Waals surface area contributed by atoms with Crippen LogP contribution >= 0.6 is 11.3 Å². The van der Waals surface area contributed by atoms with E-state index in [0.717, 1.165) is 18.4 Å². The van der Waals surface area contributed by atoms with Crippen molar-refractivity contribution in [3.63, 3.8) is 0 Å². The lowest BCUT2D eigenvalue weighted by atomic mass is 9.86. The van der Waals surface area contributed by atoms with Crippen molar-refractivity contribution in [2.75, 3.05) is 19.3 Å². The number of halogens is 3. The van der Waals surface area contributed by atoms with Crippen LogP contribution in [0.3, 0.4) is 0 Å². The molecule has 2 unspecified atom stereocenters. The van der Waals surface area contributed by atoms with Gasteiger partial charge in [0.1, 0.15) is 5.01 Å². The summed E-state index contributed by atoms with van der Waals surface area (Å²) in [5, 5.41) is 2.15. The van der Waals surface area contributed by atoms with Crippen molar-refractivity contribution in [1.29, 1.82) is 0 Å². The Morgan fingerprint density at radius 3 is 2.54 bits per heavy atom. The summed E-state index contributed by atoms with van der Waals surface area (Å²) in [5.74, 6) is -0.650. The van der Waals surface area contributed by atoms with Crippen molar-refractivity contribution in [2.45, 2.75) is 57.4 Å². The van der Waals surface area contributed by atoms with Crippen molar-refractivity contribution >= 4 is 27.3 Å². The molecule has 0 bridgehead atoms. The van der Waals surface area contributed by atoms with E-state index >= 15 is 0 Å². The molecule has 0 spiro atoms. The average molecular weight is 531 g/mol. The molecule has 2 aliphatic rings. The van der Waals surface area contributed by atoms with Gasteiger partial charge < -0.3 is 10.6 Å². The first-order valence-electron chi connectivity index (χ1n) is 11.2. The first-order valence-corrected chi connectivity index (χ1v) is 14.0. The zero-order valence-corrected chi connectivity index (χ0v) is 21.5. The summed E-state index contributed by atoms with van der Waals surface area (Å²) < 4.78 is 66.1. The second kappa shape index (κ2) is 8.82. The molecule has 2 aliphatic heterocycles. The number of nitrogens with zero attached hydrogens (tertiary/aromatic N) is 3. The maximum absolute atomic E-state index is 13.3. The van der Waals surface area contributed by atoms with Gasteiger partial charge in [-0.05, 0) is 24.0 Å². The number of fused-ring (bicyclic) bond motifs is 1. The van der Waals surface area contributed by atoms with Crippen LogP contribution in [0.25, 0.3) is 10.6 Å². The Labute approximate surface area is 207 Å². The monoisotopic (exact) mass is 530 g/mol. The predicted octanol–water partition coefficient (Wildman–Crippen LogP) is 3.53. The maximum Gasteiger partial charge on any atom is 0.416 e. The van der Waals surface area contributed by atoms with E-state index in [2.05, 4.69) is 4.98 Å². The number of alkyl halides is 3. The topological polar surface area (TPSA) is 96.6 Å². The van der Waals surface area contributed by atoms with Gasteiger partial charge in [0, 0.05) is 36.0 Å². The number of benzene rings is 1. The fourth-order valence-electron chi connectivity index (χ4n) is 4.91. The number of carbonyl (C=O) groups excluding carboxylic acids is 1. The van der Waals surface area contributed by atoms with Crippen LogP contribution in [0.15, 0.2) is 29.6 Å². The smallest absolute Gasteiger partial charge is 0.336 e. The summed E-state index contributed by atoms with van der Waals surface area (Å²) in [7, 11) is -3.55. The van der Waals surface area contributed by atoms with Gasteiger partial charge in [-0.25, -0.2) is 13.4 Å². The van der Waals surface area contributed by atoms with E-state index in [1.165, 1.54) is 21.7 Å². The highest BCUT2D eigenvalue weighted by Crippen LogP contribution is 2.44. The van der Waals surface area contributed by atoms with Crippen LogP contribution in [-0.2, 0) is 21.0 Å². The molecule has 1 aromatic heterocycles. The van der Waals surface area contributed by atoms with Gasteiger partial charge in [0.05, 0.1) is 29.6 Å². The molecule has 7 nitrogen and oxygen atoms in total. The van der Waals surface area contributed by atoms with Gasteiger partial charge in [-0.15, -0.1) is 11.3 Å². The molecular weight excluding hydrogens is 501 g/mol. The molecule has 1 amide bonds. The second-order valence-electron chi connectivity index (χ2n) is 10.3. The Kier molecular flexibility index (Phi) is 6.57. The summed E-state index contributed by atoms with van der Waals surface area (Å²) >= 11 is 1.20. The predicted molar refractivity (Wildman–Crippen MR) is 128 cm³/mol. The molecule has 0 radical (unpaired) electrons. The molecular formula is C23H29F3N4O3S2. The van der Waals surface area contributed by atoms with Crippen LogP contribution in [-0.4, -0.2) is 66.0 Å². The Balaban J connectivity index is 1.70. The number of sulfonamides is 1. The van der Waals surface area contributed by atoms with Crippen molar-refractivity contribution < 1.29 is 26.4 Å². The van der Waals surface area contributed by atoms with E-state index in [4.69, 9.17) is 5.73 Å². The van der Waals surface area contributed by atoms with Crippen molar-refractivity contribution in [1.82, 2.24) is 14.2 Å². The van der Waals surface area contributed by atoms with E-state index in [0.29, 0.717) is 29.2 Å². The molecule has 12 heteroatoms. The van der Waals surface area contributed by atoms with E-state index in [9.17, 15) is 26.4 Å². The van der Waals surface area contributed by atoms with Crippen molar-refractivity contribution in [2.24, 2.45) is 11.1 Å². The summed E-state index contributed by atoms with van der Waals surface area (Å²) in [5.41, 5.74) is 5.92. The first-order chi connectivity index (χ1) is 16.1. The van der Waals surface area contributed by atoms with E-state index in [-0.39, 0.29) is 12.5 Å². The largest absolute Gasteiger partial charge is 0.416 e. The lowest BCUT2D eigenvalue weighted by molar-refractivity contribution is -0.137. The number of likely N-dealkylation sites (tertiary alicyclic amines) is 1. The molecule has 4 atom stereocenters. The van der Waals surface area contributed by atoms with E-state index in [1.807, 2.05) is 20.8 Å². The molecule has 2 saturated heterocycles. The van der Waals surface area contributed by atoms with Gasteiger partial charge in [0.2, 0.25) is 15.9 Å². The summed E-state index contributed by atoms with van der Waals surface area (Å²) in [6, 6.07) is 3.35. The molecule has 0 saturated carbocycles. The third-order valence-corrected chi connectivity index (χ3v) is 9.01. The third kappa shape index (κ3) is 4.98. The second-order valence-corrected chi connectivity index (χ2v) is 13.1. The molecule has 2 fully saturated rings. The molecule has 4 rings (SSSR count). The lowest BCUT2D eigenvalue weighted by Crippen LogP contribution is -2.53. The number of hydrogen-bond donors (Lipinski definition) is 1. The number of nitrogens with two attached hydrogens (primary N) is 1. The molecule has 2 aromatic rings. The molecule has 2 N–H and O–H groups in total. The third-order valence-electron chi connectivity index (χ3n) is 6.83. The van der Waals surface area contributed by atoms with Crippen LogP contribution in [0.4, 0.5) is 13.2 Å². The fourth-order valence-corrected chi connectivity index (χ4v) is 6.94. The van der Waals surface area contributed by atoms with Gasteiger partial charge in [-0.1, -0.05) is 32.9 Å². The number of thiazole rings is 1. The summed E-state index contributed by atoms with van der Waals surface area (Å²) in [4.78, 5) is 19.6. The Morgan fingerprint density at radius 2 is 1.94 bits per heavy atom. The highest BCUT2D eigenvalue weighted by molar-refractivity contribution is 7.88. The first kappa shape index (κ1) is 26.1. The minimum Gasteiger partial charge on any atom is -0.336 e. The zero-order chi connectivity index (χ0) is 25.9. The van der Waals surface area contributed by atoms with Crippen molar-refractivity contribution in [3.8, 4) is 10.6 Å². The number of hydrogen-bond acceptors (Lipinski definition) is 6. The van der Waals surface area contributed by atoms with Gasteiger partial charge >= 0.3 is 6.18 Å². The number of carbonyl (C=O) groups is 1. The standard InChI is InChI=1S/C23H29F3N4O3S2/c1-22(2,3)19(27)21(31)29-9-8-17-18(29)15(11-30(17)35(4,32)33)16-12-34-20(28-16)13-6-5-7-14(10-13)23(24,25)26/h5-7,10,12,15,17-19H,8-9,11,27H2,1-4H3/t15-,17-,18?,19?/m1/s1. The number of rotatable bonds is 4. The molecule has 192 valence electrons. The molecule has 35 heavy (non-hydrogen) atoms. The van der Waals surface area contributed by atoms with Crippen LogP contribution in [0.1, 0.15) is 44.4 Å². The van der Waals surface area contributed by atoms with Gasteiger partial charge in [0.25, 0.3) is 0 Å².